The van der Waals surface area contributed by atoms with Crippen molar-refractivity contribution in [1.29, 1.82) is 0 Å². The Kier molecular flexibility index (Phi) is 4.56. The van der Waals surface area contributed by atoms with E-state index in [2.05, 4.69) is 36.0 Å². The number of rotatable bonds is 6. The molecule has 0 bridgehead atoms. The van der Waals surface area contributed by atoms with E-state index in [1.54, 1.807) is 0 Å². The normalized spacial score (nSPS) is 13.3. The molecule has 1 atom stereocenters. The van der Waals surface area contributed by atoms with Crippen molar-refractivity contribution in [3.63, 3.8) is 0 Å². The zero-order chi connectivity index (χ0) is 13.8. The third kappa shape index (κ3) is 3.78. The summed E-state index contributed by atoms with van der Waals surface area (Å²) in [6.45, 7) is 6.87. The zero-order valence-corrected chi connectivity index (χ0v) is 12.0. The molecule has 2 aromatic rings. The second kappa shape index (κ2) is 6.17. The van der Waals surface area contributed by atoms with Crippen LogP contribution in [0.2, 0.25) is 0 Å². The molecule has 0 aliphatic heterocycles. The van der Waals surface area contributed by atoms with E-state index in [4.69, 9.17) is 10.2 Å². The van der Waals surface area contributed by atoms with Crippen LogP contribution in [0.4, 0.5) is 0 Å². The molecule has 2 N–H and O–H groups in total. The number of hydrogen-bond acceptors (Lipinski definition) is 4. The lowest BCUT2D eigenvalue weighted by Crippen LogP contribution is -2.25. The molecule has 0 radical (unpaired) electrons. The molecular formula is C15H23N3O. The lowest BCUT2D eigenvalue weighted by molar-refractivity contribution is 0.273. The summed E-state index contributed by atoms with van der Waals surface area (Å²) >= 11 is 0. The molecular weight excluding hydrogens is 238 g/mol. The van der Waals surface area contributed by atoms with Crippen LogP contribution in [0.15, 0.2) is 22.6 Å². The van der Waals surface area contributed by atoms with Crippen LogP contribution in [0, 0.1) is 12.8 Å². The van der Waals surface area contributed by atoms with Gasteiger partial charge in [0.05, 0.1) is 0 Å². The van der Waals surface area contributed by atoms with Crippen molar-refractivity contribution in [1.82, 2.24) is 9.88 Å². The Labute approximate surface area is 114 Å². The fraction of sp³-hybridized carbons (Fsp3) is 0.533. The predicted octanol–water partition coefficient (Wildman–Crippen LogP) is 2.55. The maximum absolute atomic E-state index is 5.59. The molecule has 1 aromatic heterocycles. The Morgan fingerprint density at radius 2 is 2.21 bits per heavy atom. The van der Waals surface area contributed by atoms with Crippen LogP contribution in [-0.4, -0.2) is 30.0 Å². The van der Waals surface area contributed by atoms with Crippen molar-refractivity contribution in [3.8, 4) is 0 Å². The molecule has 0 amide bonds. The van der Waals surface area contributed by atoms with Crippen molar-refractivity contribution in [2.24, 2.45) is 11.7 Å². The summed E-state index contributed by atoms with van der Waals surface area (Å²) in [4.78, 5) is 6.70. The van der Waals surface area contributed by atoms with Crippen LogP contribution >= 0.6 is 0 Å². The molecule has 1 heterocycles. The molecule has 4 heteroatoms. The van der Waals surface area contributed by atoms with Gasteiger partial charge in [-0.25, -0.2) is 4.98 Å². The van der Waals surface area contributed by atoms with Crippen molar-refractivity contribution < 1.29 is 4.42 Å². The standard InChI is InChI=1S/C15H23N3O/c1-11(6-7-16)9-18(3)10-13-4-5-15-14(8-13)17-12(2)19-15/h4-5,8,11H,6-7,9-10,16H2,1-3H3. The Hall–Kier alpha value is -1.39. The fourth-order valence-corrected chi connectivity index (χ4v) is 2.47. The smallest absolute Gasteiger partial charge is 0.192 e. The molecule has 2 rings (SSSR count). The number of aromatic nitrogens is 1. The van der Waals surface area contributed by atoms with E-state index in [1.807, 2.05) is 13.0 Å². The van der Waals surface area contributed by atoms with E-state index in [1.165, 1.54) is 5.56 Å². The molecule has 19 heavy (non-hydrogen) atoms. The van der Waals surface area contributed by atoms with E-state index >= 15 is 0 Å². The number of nitrogens with zero attached hydrogens (tertiary/aromatic N) is 2. The topological polar surface area (TPSA) is 55.3 Å². The number of fused-ring (bicyclic) bond motifs is 1. The van der Waals surface area contributed by atoms with Gasteiger partial charge in [-0.2, -0.15) is 0 Å². The van der Waals surface area contributed by atoms with Gasteiger partial charge >= 0.3 is 0 Å². The van der Waals surface area contributed by atoms with E-state index in [0.717, 1.165) is 43.0 Å². The molecule has 0 saturated carbocycles. The van der Waals surface area contributed by atoms with Gasteiger partial charge in [-0.05, 0) is 43.6 Å². The highest BCUT2D eigenvalue weighted by Crippen LogP contribution is 2.18. The Morgan fingerprint density at radius 3 is 2.95 bits per heavy atom. The van der Waals surface area contributed by atoms with Crippen LogP contribution in [0.1, 0.15) is 24.8 Å². The number of nitrogens with two attached hydrogens (primary N) is 1. The number of oxazole rings is 1. The lowest BCUT2D eigenvalue weighted by atomic mass is 10.1. The quantitative estimate of drug-likeness (QED) is 0.868. The number of hydrogen-bond donors (Lipinski definition) is 1. The molecule has 1 aromatic carbocycles. The summed E-state index contributed by atoms with van der Waals surface area (Å²) in [6, 6.07) is 6.22. The van der Waals surface area contributed by atoms with Gasteiger partial charge in [0, 0.05) is 20.0 Å². The van der Waals surface area contributed by atoms with Crippen LogP contribution in [0.5, 0.6) is 0 Å². The SMILES string of the molecule is Cc1nc2cc(CN(C)CC(C)CCN)ccc2o1. The molecule has 0 saturated heterocycles. The first-order valence-corrected chi connectivity index (χ1v) is 6.83. The van der Waals surface area contributed by atoms with E-state index in [9.17, 15) is 0 Å². The molecule has 0 aliphatic carbocycles. The second-order valence-electron chi connectivity index (χ2n) is 5.41. The highest BCUT2D eigenvalue weighted by Gasteiger charge is 2.08. The number of aryl methyl sites for hydroxylation is 1. The molecule has 4 nitrogen and oxygen atoms in total. The largest absolute Gasteiger partial charge is 0.441 e. The average Bonchev–Trinajstić information content (AvgIpc) is 2.68. The first-order chi connectivity index (χ1) is 9.08. The zero-order valence-electron chi connectivity index (χ0n) is 12.0. The van der Waals surface area contributed by atoms with Crippen molar-refractivity contribution in [2.45, 2.75) is 26.8 Å². The minimum Gasteiger partial charge on any atom is -0.441 e. The van der Waals surface area contributed by atoms with Gasteiger partial charge in [0.15, 0.2) is 11.5 Å². The highest BCUT2D eigenvalue weighted by molar-refractivity contribution is 5.73. The van der Waals surface area contributed by atoms with Gasteiger partial charge in [-0.15, -0.1) is 0 Å². The fourth-order valence-electron chi connectivity index (χ4n) is 2.47. The summed E-state index contributed by atoms with van der Waals surface area (Å²) in [6.07, 6.45) is 1.08. The van der Waals surface area contributed by atoms with Crippen LogP contribution in [0.3, 0.4) is 0 Å². The summed E-state index contributed by atoms with van der Waals surface area (Å²) in [5.74, 6) is 1.35. The molecule has 1 unspecified atom stereocenters. The van der Waals surface area contributed by atoms with E-state index in [-0.39, 0.29) is 0 Å². The van der Waals surface area contributed by atoms with E-state index in [0.29, 0.717) is 5.92 Å². The van der Waals surface area contributed by atoms with Crippen LogP contribution in [0.25, 0.3) is 11.1 Å². The lowest BCUT2D eigenvalue weighted by Gasteiger charge is -2.20. The number of benzene rings is 1. The highest BCUT2D eigenvalue weighted by atomic mass is 16.3. The van der Waals surface area contributed by atoms with Gasteiger partial charge in [-0.3, -0.25) is 0 Å². The van der Waals surface area contributed by atoms with Gasteiger partial charge < -0.3 is 15.1 Å². The second-order valence-corrected chi connectivity index (χ2v) is 5.41. The van der Waals surface area contributed by atoms with Crippen molar-refractivity contribution in [3.05, 3.63) is 29.7 Å². The van der Waals surface area contributed by atoms with Gasteiger partial charge in [-0.1, -0.05) is 13.0 Å². The predicted molar refractivity (Wildman–Crippen MR) is 77.9 cm³/mol. The van der Waals surface area contributed by atoms with E-state index < -0.39 is 0 Å². The third-order valence-corrected chi connectivity index (χ3v) is 3.29. The molecule has 104 valence electrons. The van der Waals surface area contributed by atoms with Gasteiger partial charge in [0.2, 0.25) is 0 Å². The Morgan fingerprint density at radius 1 is 1.42 bits per heavy atom. The first kappa shape index (κ1) is 14.0. The maximum atomic E-state index is 5.59. The Bertz CT molecular complexity index is 535. The monoisotopic (exact) mass is 261 g/mol. The molecule has 0 spiro atoms. The summed E-state index contributed by atoms with van der Waals surface area (Å²) < 4.78 is 5.49. The van der Waals surface area contributed by atoms with Gasteiger partial charge in [0.1, 0.15) is 5.52 Å². The minimum atomic E-state index is 0.632. The summed E-state index contributed by atoms with van der Waals surface area (Å²) in [5, 5.41) is 0. The average molecular weight is 261 g/mol. The first-order valence-electron chi connectivity index (χ1n) is 6.83. The molecule has 0 fully saturated rings. The summed E-state index contributed by atoms with van der Waals surface area (Å²) in [5.41, 5.74) is 8.66. The Balaban J connectivity index is 2.00. The van der Waals surface area contributed by atoms with Crippen LogP contribution in [-0.2, 0) is 6.54 Å². The van der Waals surface area contributed by atoms with Crippen molar-refractivity contribution in [2.75, 3.05) is 20.1 Å². The maximum Gasteiger partial charge on any atom is 0.192 e. The van der Waals surface area contributed by atoms with Crippen LogP contribution < -0.4 is 5.73 Å². The van der Waals surface area contributed by atoms with Gasteiger partial charge in [0.25, 0.3) is 0 Å². The molecule has 0 aliphatic rings. The summed E-state index contributed by atoms with van der Waals surface area (Å²) in [7, 11) is 2.14. The third-order valence-electron chi connectivity index (χ3n) is 3.29. The minimum absolute atomic E-state index is 0.632. The van der Waals surface area contributed by atoms with Crippen molar-refractivity contribution >= 4 is 11.1 Å².